The van der Waals surface area contributed by atoms with E-state index in [0.717, 1.165) is 25.2 Å². The molecule has 3 rings (SSSR count). The van der Waals surface area contributed by atoms with Gasteiger partial charge in [-0.1, -0.05) is 26.0 Å². The van der Waals surface area contributed by atoms with Crippen molar-refractivity contribution >= 4 is 72.3 Å². The van der Waals surface area contributed by atoms with Crippen LogP contribution in [0.3, 0.4) is 0 Å². The first-order chi connectivity index (χ1) is 22.9. The Hall–Kier alpha value is -3.51. The van der Waals surface area contributed by atoms with Crippen LogP contribution in [0.1, 0.15) is 29.8 Å². The standard InChI is InChI=1S/C33H47N7O7S.Ga/c1-3-37(4-2)14-13-34-32(47)25-7-11-27(12-8-25)36-33(48)35-26-9-5-24(6-10-26)19-28-20-39(22-30(43)44)16-15-38(21-29(41)42)17-18-40(28)23-31(45)46;/h5-12,28H,3-4,13-23H2,1-2H3,(H,34,47)(H,41,42)(H,43,44)(H,45,46)(H2,35,36,48);/q;+3/p-3/i;1-2. The van der Waals surface area contributed by atoms with Gasteiger partial charge in [0.05, 0.1) is 17.9 Å². The number of nitrogens with zero attached hydrogens (tertiary/aromatic N) is 4. The third-order valence-corrected chi connectivity index (χ3v) is 8.36. The Morgan fingerprint density at radius 1 is 0.776 bits per heavy atom. The van der Waals surface area contributed by atoms with Gasteiger partial charge in [-0.05, 0) is 73.7 Å². The van der Waals surface area contributed by atoms with Gasteiger partial charge < -0.3 is 50.6 Å². The number of carboxylic acid groups (broad SMARTS) is 3. The van der Waals surface area contributed by atoms with Crippen LogP contribution in [-0.2, 0) is 20.8 Å². The molecule has 1 unspecified atom stereocenters. The number of thiocarbonyl (C=S) groups is 1. The number of likely N-dealkylation sites (N-methyl/N-ethyl adjacent to an activating group) is 1. The summed E-state index contributed by atoms with van der Waals surface area (Å²) in [6.45, 7) is 7.53. The summed E-state index contributed by atoms with van der Waals surface area (Å²) in [5.41, 5.74) is 2.83. The smallest absolute Gasteiger partial charge is 0.549 e. The molecule has 1 amide bonds. The Bertz CT molecular complexity index is 1380. The van der Waals surface area contributed by atoms with Gasteiger partial charge in [0.2, 0.25) is 0 Å². The van der Waals surface area contributed by atoms with Crippen LogP contribution in [0.2, 0.25) is 0 Å². The van der Waals surface area contributed by atoms with E-state index in [9.17, 15) is 34.5 Å². The van der Waals surface area contributed by atoms with E-state index in [-0.39, 0.29) is 71.5 Å². The second kappa shape index (κ2) is 21.5. The molecule has 1 heterocycles. The fourth-order valence-corrected chi connectivity index (χ4v) is 5.79. The molecule has 3 N–H and O–H groups in total. The van der Waals surface area contributed by atoms with Gasteiger partial charge in [0.1, 0.15) is 0 Å². The number of hydrogen-bond donors (Lipinski definition) is 3. The van der Waals surface area contributed by atoms with Gasteiger partial charge in [-0.25, -0.2) is 0 Å². The van der Waals surface area contributed by atoms with Crippen molar-refractivity contribution in [1.29, 1.82) is 0 Å². The van der Waals surface area contributed by atoms with Gasteiger partial charge in [0.15, 0.2) is 5.11 Å². The van der Waals surface area contributed by atoms with Crippen LogP contribution in [0.4, 0.5) is 11.4 Å². The van der Waals surface area contributed by atoms with Gasteiger partial charge in [-0.15, -0.1) is 0 Å². The molecule has 1 aliphatic rings. The summed E-state index contributed by atoms with van der Waals surface area (Å²) in [6.07, 6.45) is 0.398. The number of rotatable bonds is 16. The summed E-state index contributed by atoms with van der Waals surface area (Å²) in [4.78, 5) is 53.9. The predicted octanol–water partition coefficient (Wildman–Crippen LogP) is -2.73. The van der Waals surface area contributed by atoms with Crippen molar-refractivity contribution in [2.75, 3.05) is 89.2 Å². The fraction of sp³-hybridized carbons (Fsp3) is 0.485. The first kappa shape index (κ1) is 41.7. The quantitative estimate of drug-likeness (QED) is 0.119. The molecule has 2 aromatic rings. The molecule has 1 fully saturated rings. The van der Waals surface area contributed by atoms with Crippen LogP contribution in [0.15, 0.2) is 48.5 Å². The first-order valence-electron chi connectivity index (χ1n) is 16.0. The van der Waals surface area contributed by atoms with E-state index in [4.69, 9.17) is 12.2 Å². The number of hydrogen-bond acceptors (Lipinski definition) is 12. The monoisotopic (exact) mass is 750 g/mol. The molecular formula is C33H44GaN7O7S. The predicted molar refractivity (Wildman–Crippen MR) is 186 cm³/mol. The van der Waals surface area contributed by atoms with Crippen molar-refractivity contribution in [2.45, 2.75) is 26.3 Å². The van der Waals surface area contributed by atoms with Crippen LogP contribution >= 0.6 is 12.2 Å². The molecule has 1 saturated heterocycles. The number of amides is 1. The van der Waals surface area contributed by atoms with E-state index in [1.165, 1.54) is 0 Å². The molecule has 0 radical (unpaired) electrons. The van der Waals surface area contributed by atoms with Gasteiger partial charge in [-0.3, -0.25) is 19.5 Å². The van der Waals surface area contributed by atoms with E-state index in [2.05, 4.69) is 34.7 Å². The second-order valence-corrected chi connectivity index (χ2v) is 12.0. The zero-order valence-corrected chi connectivity index (χ0v) is 31.3. The number of carbonyl (C=O) groups is 4. The van der Waals surface area contributed by atoms with Crippen LogP contribution in [0, 0.1) is 0 Å². The Kier molecular flexibility index (Phi) is 18.3. The van der Waals surface area contributed by atoms with Gasteiger partial charge in [0, 0.05) is 88.4 Å². The molecule has 49 heavy (non-hydrogen) atoms. The minimum atomic E-state index is -1.29. The molecule has 0 saturated carbocycles. The Morgan fingerprint density at radius 3 is 1.84 bits per heavy atom. The Balaban J connectivity index is 0.00000833. The fourth-order valence-electron chi connectivity index (χ4n) is 5.55. The molecule has 1 aliphatic heterocycles. The number of anilines is 2. The largest absolute Gasteiger partial charge is 3.00 e. The van der Waals surface area contributed by atoms with Crippen molar-refractivity contribution in [3.8, 4) is 0 Å². The molecule has 0 aliphatic carbocycles. The summed E-state index contributed by atoms with van der Waals surface area (Å²) < 4.78 is 0. The summed E-state index contributed by atoms with van der Waals surface area (Å²) in [5.74, 6) is -3.99. The third-order valence-electron chi connectivity index (χ3n) is 8.15. The minimum absolute atomic E-state index is 0. The van der Waals surface area contributed by atoms with Crippen molar-refractivity contribution < 1.29 is 34.5 Å². The van der Waals surface area contributed by atoms with Gasteiger partial charge >= 0.3 is 19.8 Å². The van der Waals surface area contributed by atoms with Crippen molar-refractivity contribution in [2.24, 2.45) is 0 Å². The number of benzene rings is 2. The molecule has 2 aromatic carbocycles. The molecule has 14 nitrogen and oxygen atoms in total. The number of aliphatic carboxylic acids is 3. The third kappa shape index (κ3) is 15.3. The van der Waals surface area contributed by atoms with E-state index in [1.54, 1.807) is 39.0 Å². The van der Waals surface area contributed by atoms with Crippen molar-refractivity contribution in [1.82, 2.24) is 24.9 Å². The molecule has 0 bridgehead atoms. The van der Waals surface area contributed by atoms with Gasteiger partial charge in [0.25, 0.3) is 5.91 Å². The zero-order valence-electron chi connectivity index (χ0n) is 28.0. The number of carbonyl (C=O) groups excluding carboxylic acids is 4. The first-order valence-corrected chi connectivity index (χ1v) is 16.4. The Labute approximate surface area is 305 Å². The Morgan fingerprint density at radius 2 is 1.29 bits per heavy atom. The molecule has 16 heteroatoms. The maximum Gasteiger partial charge on any atom is 3.00 e. The van der Waals surface area contributed by atoms with Crippen LogP contribution in [-0.4, -0.2) is 153 Å². The average Bonchev–Trinajstić information content (AvgIpc) is 3.10. The van der Waals surface area contributed by atoms with E-state index < -0.39 is 30.5 Å². The maximum absolute atomic E-state index is 12.5. The number of nitrogens with one attached hydrogen (secondary N) is 3. The van der Waals surface area contributed by atoms with Gasteiger partial charge in [-0.2, -0.15) is 0 Å². The van der Waals surface area contributed by atoms with Crippen molar-refractivity contribution in [3.05, 3.63) is 59.7 Å². The van der Waals surface area contributed by atoms with Crippen LogP contribution < -0.4 is 31.3 Å². The van der Waals surface area contributed by atoms with E-state index in [1.807, 2.05) is 24.3 Å². The van der Waals surface area contributed by atoms with E-state index >= 15 is 0 Å². The zero-order chi connectivity index (χ0) is 35.1. The summed E-state index contributed by atoms with van der Waals surface area (Å²) in [7, 11) is 0. The molecule has 0 aromatic heterocycles. The maximum atomic E-state index is 12.5. The topological polar surface area (TPSA) is 187 Å². The second-order valence-electron chi connectivity index (χ2n) is 11.6. The SMILES string of the molecule is CCN(CC)CCNC(=O)c1ccc(NC(=S)Nc2ccc(CC3CN(CC(=O)[O-])CCN(CC(=O)[O-])CCN3CC(=O)[O-])cc2)cc1.[68Ga+3]. The van der Waals surface area contributed by atoms with E-state index in [0.29, 0.717) is 35.0 Å². The van der Waals surface area contributed by atoms with Crippen LogP contribution in [0.25, 0.3) is 0 Å². The summed E-state index contributed by atoms with van der Waals surface area (Å²) >= 11 is 5.47. The number of carboxylic acids is 3. The normalized spacial score (nSPS) is 16.0. The average molecular weight is 751 g/mol. The molecular weight excluding hydrogens is 706 g/mol. The summed E-state index contributed by atoms with van der Waals surface area (Å²) in [5, 5.41) is 43.8. The molecule has 262 valence electrons. The summed E-state index contributed by atoms with van der Waals surface area (Å²) in [6, 6.07) is 14.0. The molecule has 1 atom stereocenters. The molecule has 0 spiro atoms. The van der Waals surface area contributed by atoms with Crippen molar-refractivity contribution in [3.63, 3.8) is 0 Å². The minimum Gasteiger partial charge on any atom is -0.549 e. The van der Waals surface area contributed by atoms with Crippen LogP contribution in [0.5, 0.6) is 0 Å².